The molecule has 0 aliphatic heterocycles. The molecule has 0 unspecified atom stereocenters. The van der Waals surface area contributed by atoms with E-state index in [4.69, 9.17) is 4.98 Å². The maximum atomic E-state index is 10.7. The lowest BCUT2D eigenvalue weighted by atomic mass is 9.69. The Morgan fingerprint density at radius 1 is 0.778 bits per heavy atom. The van der Waals surface area contributed by atoms with Crippen molar-refractivity contribution in [2.24, 2.45) is 0 Å². The fourth-order valence-corrected chi connectivity index (χ4v) is 5.39. The van der Waals surface area contributed by atoms with Crippen LogP contribution >= 0.6 is 0 Å². The summed E-state index contributed by atoms with van der Waals surface area (Å²) in [5.41, 5.74) is 9.19. The Morgan fingerprint density at radius 2 is 1.42 bits per heavy atom. The molecule has 3 aromatic rings. The molecule has 0 spiro atoms. The molecule has 192 valence electrons. The molecule has 1 N–H and O–H groups in total. The number of benzene rings is 2. The van der Waals surface area contributed by atoms with E-state index in [2.05, 4.69) is 89.2 Å². The first kappa shape index (κ1) is 27.9. The van der Waals surface area contributed by atoms with Gasteiger partial charge in [0.2, 0.25) is 0 Å². The average molecular weight is 484 g/mol. The van der Waals surface area contributed by atoms with Gasteiger partial charge in [-0.3, -0.25) is 4.98 Å². The second-order valence-corrected chi connectivity index (χ2v) is 10.3. The van der Waals surface area contributed by atoms with E-state index in [-0.39, 0.29) is 5.41 Å². The number of pyridine rings is 1. The summed E-state index contributed by atoms with van der Waals surface area (Å²) in [5.74, 6) is 0. The van der Waals surface area contributed by atoms with E-state index >= 15 is 0 Å². The molecular formula is C34H45NO. The van der Waals surface area contributed by atoms with Crippen LogP contribution in [0.1, 0.15) is 100 Å². The summed E-state index contributed by atoms with van der Waals surface area (Å²) < 4.78 is 0. The Labute approximate surface area is 219 Å². The van der Waals surface area contributed by atoms with Gasteiger partial charge < -0.3 is 5.11 Å². The third kappa shape index (κ3) is 5.81. The van der Waals surface area contributed by atoms with Gasteiger partial charge in [-0.15, -0.1) is 0 Å². The fourth-order valence-electron chi connectivity index (χ4n) is 5.39. The Hall–Kier alpha value is -2.71. The molecule has 2 aromatic carbocycles. The number of rotatable bonds is 11. The average Bonchev–Trinajstić information content (AvgIpc) is 2.90. The first-order valence-electron chi connectivity index (χ1n) is 13.8. The first-order chi connectivity index (χ1) is 17.3. The van der Waals surface area contributed by atoms with Crippen LogP contribution in [0, 0.1) is 13.8 Å². The zero-order valence-electron chi connectivity index (χ0n) is 23.5. The summed E-state index contributed by atoms with van der Waals surface area (Å²) in [7, 11) is 0. The van der Waals surface area contributed by atoms with Gasteiger partial charge in [0.15, 0.2) is 0 Å². The minimum Gasteiger partial charge on any atom is -0.386 e. The van der Waals surface area contributed by atoms with Gasteiger partial charge in [0, 0.05) is 17.2 Å². The highest BCUT2D eigenvalue weighted by Crippen LogP contribution is 2.41. The van der Waals surface area contributed by atoms with Crippen LogP contribution in [0.5, 0.6) is 0 Å². The monoisotopic (exact) mass is 483 g/mol. The molecule has 0 fully saturated rings. The lowest BCUT2D eigenvalue weighted by Gasteiger charge is -2.34. The van der Waals surface area contributed by atoms with Crippen molar-refractivity contribution in [1.82, 2.24) is 4.98 Å². The van der Waals surface area contributed by atoms with Crippen LogP contribution in [0.25, 0.3) is 17.3 Å². The van der Waals surface area contributed by atoms with Crippen molar-refractivity contribution in [2.75, 3.05) is 0 Å². The first-order valence-corrected chi connectivity index (χ1v) is 13.8. The molecule has 0 saturated carbocycles. The molecule has 2 nitrogen and oxygen atoms in total. The van der Waals surface area contributed by atoms with Crippen molar-refractivity contribution in [2.45, 2.75) is 98.0 Å². The van der Waals surface area contributed by atoms with Crippen molar-refractivity contribution >= 4 is 6.08 Å². The minimum atomic E-state index is -0.730. The molecule has 1 heterocycles. The van der Waals surface area contributed by atoms with Gasteiger partial charge in [-0.25, -0.2) is 0 Å². The van der Waals surface area contributed by atoms with Crippen molar-refractivity contribution < 1.29 is 5.11 Å². The van der Waals surface area contributed by atoms with Crippen molar-refractivity contribution in [3.05, 3.63) is 94.2 Å². The summed E-state index contributed by atoms with van der Waals surface area (Å²) in [6.45, 7) is 15.3. The Morgan fingerprint density at radius 3 is 1.92 bits per heavy atom. The van der Waals surface area contributed by atoms with Crippen molar-refractivity contribution in [1.29, 1.82) is 0 Å². The molecule has 0 radical (unpaired) electrons. The predicted octanol–water partition coefficient (Wildman–Crippen LogP) is 8.99. The molecule has 0 aliphatic rings. The minimum absolute atomic E-state index is 0.0394. The third-order valence-corrected chi connectivity index (χ3v) is 8.25. The summed E-state index contributed by atoms with van der Waals surface area (Å²) in [6.07, 6.45) is 11.8. The third-order valence-electron chi connectivity index (χ3n) is 8.25. The largest absolute Gasteiger partial charge is 0.386 e. The quantitative estimate of drug-likeness (QED) is 0.295. The van der Waals surface area contributed by atoms with Crippen LogP contribution in [0.15, 0.2) is 60.8 Å². The number of aliphatic hydroxyl groups is 1. The smallest absolute Gasteiger partial charge is 0.0825 e. The molecule has 1 aromatic heterocycles. The molecular weight excluding hydrogens is 438 g/mol. The number of aromatic nitrogens is 1. The van der Waals surface area contributed by atoms with Crippen LogP contribution in [-0.2, 0) is 11.8 Å². The van der Waals surface area contributed by atoms with E-state index < -0.39 is 5.60 Å². The van der Waals surface area contributed by atoms with Gasteiger partial charge in [-0.2, -0.15) is 0 Å². The summed E-state index contributed by atoms with van der Waals surface area (Å²) >= 11 is 0. The zero-order valence-corrected chi connectivity index (χ0v) is 23.5. The number of aryl methyl sites for hydroxylation is 3. The number of hydrogen-bond donors (Lipinski definition) is 1. The van der Waals surface area contributed by atoms with Crippen LogP contribution in [0.4, 0.5) is 0 Å². The second kappa shape index (κ2) is 12.0. The Kier molecular flexibility index (Phi) is 9.30. The van der Waals surface area contributed by atoms with Gasteiger partial charge in [-0.1, -0.05) is 95.7 Å². The number of hydrogen-bond acceptors (Lipinski definition) is 2. The zero-order chi connectivity index (χ0) is 26.3. The Bertz CT molecular complexity index is 1160. The maximum absolute atomic E-state index is 10.7. The van der Waals surface area contributed by atoms with E-state index in [1.165, 1.54) is 38.9 Å². The topological polar surface area (TPSA) is 33.1 Å². The standard InChI is InChI=1S/C34H45NO/c1-8-13-27-14-19-32(35-24-27)31-18-17-30(23-26(31)7)34(11-4,12-5)29-16-15-28(25(6)22-29)20-21-33(36,9-2)10-3/h14-24,36H,8-13H2,1-7H3/b21-20+. The summed E-state index contributed by atoms with van der Waals surface area (Å²) in [4.78, 5) is 4.76. The predicted molar refractivity (Wildman–Crippen MR) is 156 cm³/mol. The molecule has 36 heavy (non-hydrogen) atoms. The normalized spacial score (nSPS) is 12.4. The van der Waals surface area contributed by atoms with Crippen LogP contribution in [0.3, 0.4) is 0 Å². The lowest BCUT2D eigenvalue weighted by Crippen LogP contribution is -2.26. The van der Waals surface area contributed by atoms with Crippen molar-refractivity contribution in [3.8, 4) is 11.3 Å². The van der Waals surface area contributed by atoms with Gasteiger partial charge in [0.25, 0.3) is 0 Å². The van der Waals surface area contributed by atoms with Crippen LogP contribution in [-0.4, -0.2) is 15.7 Å². The second-order valence-electron chi connectivity index (χ2n) is 10.3. The van der Waals surface area contributed by atoms with E-state index in [0.29, 0.717) is 0 Å². The highest BCUT2D eigenvalue weighted by molar-refractivity contribution is 5.65. The highest BCUT2D eigenvalue weighted by atomic mass is 16.3. The molecule has 2 heteroatoms. The maximum Gasteiger partial charge on any atom is 0.0825 e. The number of nitrogens with zero attached hydrogens (tertiary/aromatic N) is 1. The summed E-state index contributed by atoms with van der Waals surface area (Å²) in [5, 5.41) is 10.7. The highest BCUT2D eigenvalue weighted by Gasteiger charge is 2.31. The molecule has 0 amide bonds. The molecule has 0 bridgehead atoms. The fraction of sp³-hybridized carbons (Fsp3) is 0.441. The molecule has 0 atom stereocenters. The van der Waals surface area contributed by atoms with Gasteiger partial charge in [0.05, 0.1) is 11.3 Å². The van der Waals surface area contributed by atoms with E-state index in [0.717, 1.165) is 44.2 Å². The van der Waals surface area contributed by atoms with E-state index in [1.807, 2.05) is 26.1 Å². The molecule has 3 rings (SSSR count). The molecule has 0 aliphatic carbocycles. The molecule has 0 saturated heterocycles. The van der Waals surface area contributed by atoms with Gasteiger partial charge in [-0.05, 0) is 85.4 Å². The van der Waals surface area contributed by atoms with Gasteiger partial charge in [0.1, 0.15) is 0 Å². The van der Waals surface area contributed by atoms with Crippen LogP contribution in [0.2, 0.25) is 0 Å². The van der Waals surface area contributed by atoms with E-state index in [1.54, 1.807) is 0 Å². The van der Waals surface area contributed by atoms with E-state index in [9.17, 15) is 5.11 Å². The SMILES string of the molecule is CCCc1ccc(-c2ccc(C(CC)(CC)c3ccc(/C=C/C(O)(CC)CC)c(C)c3)cc2C)nc1. The van der Waals surface area contributed by atoms with Gasteiger partial charge >= 0.3 is 0 Å². The summed E-state index contributed by atoms with van der Waals surface area (Å²) in [6, 6.07) is 18.2. The lowest BCUT2D eigenvalue weighted by molar-refractivity contribution is 0.0836. The Balaban J connectivity index is 1.97. The van der Waals surface area contributed by atoms with Crippen LogP contribution < -0.4 is 0 Å². The van der Waals surface area contributed by atoms with Crippen molar-refractivity contribution in [3.63, 3.8) is 0 Å².